The molecule has 9 rings (SSSR count). The van der Waals surface area contributed by atoms with E-state index in [0.717, 1.165) is 44.9 Å². The number of hydrogen-bond acceptors (Lipinski definition) is 2. The van der Waals surface area contributed by atoms with Crippen LogP contribution in [0.4, 0.5) is 0 Å². The van der Waals surface area contributed by atoms with Crippen LogP contribution in [0.3, 0.4) is 0 Å². The van der Waals surface area contributed by atoms with Gasteiger partial charge in [0.15, 0.2) is 0 Å². The van der Waals surface area contributed by atoms with E-state index in [9.17, 15) is 0 Å². The molecular weight excluding hydrogens is 594 g/mol. The van der Waals surface area contributed by atoms with E-state index in [2.05, 4.69) is 146 Å². The molecule has 47 heavy (non-hydrogen) atoms. The molecule has 0 amide bonds. The molecule has 2 aromatic heterocycles. The summed E-state index contributed by atoms with van der Waals surface area (Å²) >= 11 is 6.65. The molecule has 0 radical (unpaired) electrons. The first kappa shape index (κ1) is 27.8. The van der Waals surface area contributed by atoms with Gasteiger partial charge in [0.1, 0.15) is 0 Å². The van der Waals surface area contributed by atoms with E-state index in [1.807, 2.05) is 18.2 Å². The predicted molar refractivity (Wildman–Crippen MR) is 195 cm³/mol. The molecule has 0 fully saturated rings. The molecule has 0 unspecified atom stereocenters. The maximum Gasteiger partial charge on any atom is 0.223 e. The smallest absolute Gasteiger partial charge is 0.223 e. The van der Waals surface area contributed by atoms with Crippen molar-refractivity contribution in [2.45, 2.75) is 19.3 Å². The monoisotopic (exact) mass is 623 g/mol. The van der Waals surface area contributed by atoms with Crippen molar-refractivity contribution in [2.75, 3.05) is 0 Å². The Morgan fingerprint density at radius 3 is 1.85 bits per heavy atom. The molecule has 0 bridgehead atoms. The maximum atomic E-state index is 6.65. The number of hydrogen-bond donors (Lipinski definition) is 0. The summed E-state index contributed by atoms with van der Waals surface area (Å²) in [5, 5.41) is 2.73. The second kappa shape index (κ2) is 10.5. The van der Waals surface area contributed by atoms with Crippen molar-refractivity contribution in [1.82, 2.24) is 14.5 Å². The molecule has 1 aliphatic carbocycles. The Kier molecular flexibility index (Phi) is 6.21. The normalized spacial score (nSPS) is 13.2. The largest absolute Gasteiger partial charge is 0.309 e. The first-order valence-electron chi connectivity index (χ1n) is 16.0. The topological polar surface area (TPSA) is 30.7 Å². The van der Waals surface area contributed by atoms with Crippen LogP contribution in [-0.2, 0) is 5.41 Å². The Balaban J connectivity index is 1.32. The molecule has 0 aliphatic heterocycles. The van der Waals surface area contributed by atoms with Crippen molar-refractivity contribution in [3.63, 3.8) is 0 Å². The molecular formula is C43H30ClN3. The van der Waals surface area contributed by atoms with Gasteiger partial charge in [-0.05, 0) is 81.9 Å². The summed E-state index contributed by atoms with van der Waals surface area (Å²) in [5.74, 6) is 0. The van der Waals surface area contributed by atoms with Gasteiger partial charge in [0, 0.05) is 38.6 Å². The average Bonchev–Trinajstić information content (AvgIpc) is 3.56. The van der Waals surface area contributed by atoms with E-state index in [-0.39, 0.29) is 10.7 Å². The fourth-order valence-corrected chi connectivity index (χ4v) is 7.73. The molecule has 6 aromatic carbocycles. The number of nitrogens with zero attached hydrogens (tertiary/aromatic N) is 3. The van der Waals surface area contributed by atoms with Gasteiger partial charge in [-0.2, -0.15) is 0 Å². The first-order valence-corrected chi connectivity index (χ1v) is 16.3. The molecule has 4 heteroatoms. The zero-order valence-corrected chi connectivity index (χ0v) is 26.8. The van der Waals surface area contributed by atoms with Crippen molar-refractivity contribution < 1.29 is 0 Å². The number of aromatic nitrogens is 3. The van der Waals surface area contributed by atoms with Gasteiger partial charge in [0.25, 0.3) is 0 Å². The van der Waals surface area contributed by atoms with Crippen molar-refractivity contribution in [3.8, 4) is 50.5 Å². The van der Waals surface area contributed by atoms with E-state index < -0.39 is 0 Å². The summed E-state index contributed by atoms with van der Waals surface area (Å²) in [6.45, 7) is 4.56. The van der Waals surface area contributed by atoms with Gasteiger partial charge in [0.2, 0.25) is 5.28 Å². The zero-order valence-electron chi connectivity index (χ0n) is 26.1. The number of halogens is 1. The lowest BCUT2D eigenvalue weighted by Crippen LogP contribution is -2.17. The van der Waals surface area contributed by atoms with E-state index >= 15 is 0 Å². The van der Waals surface area contributed by atoms with E-state index in [1.165, 1.54) is 38.5 Å². The number of rotatable bonds is 4. The molecule has 0 saturated heterocycles. The Bertz CT molecular complexity index is 2480. The molecule has 1 aliphatic rings. The van der Waals surface area contributed by atoms with Crippen molar-refractivity contribution in [1.29, 1.82) is 0 Å². The minimum atomic E-state index is -0.349. The standard InChI is InChI=1S/C43H30ClN3/c1-43(2)36-26-33(29-22-23-38-34(24-29)31-20-12-13-21-37(31)47(38)30-18-10-5-11-19-30)32(27-14-6-3-7-15-27)25-35(36)41-39(43)40(45-42(44)46-41)28-16-8-4-9-17-28/h3-26H,1-2H3. The summed E-state index contributed by atoms with van der Waals surface area (Å²) in [6.07, 6.45) is 0. The molecule has 0 atom stereocenters. The predicted octanol–water partition coefficient (Wildman–Crippen LogP) is 11.5. The Labute approximate surface area is 278 Å². The molecule has 8 aromatic rings. The molecule has 0 saturated carbocycles. The lowest BCUT2D eigenvalue weighted by molar-refractivity contribution is 0.658. The minimum absolute atomic E-state index is 0.261. The molecule has 2 heterocycles. The van der Waals surface area contributed by atoms with E-state index in [0.29, 0.717) is 0 Å². The summed E-state index contributed by atoms with van der Waals surface area (Å²) in [7, 11) is 0. The molecule has 0 N–H and O–H groups in total. The highest BCUT2D eigenvalue weighted by molar-refractivity contribution is 6.28. The summed E-state index contributed by atoms with van der Waals surface area (Å²) in [5.41, 5.74) is 14.2. The lowest BCUT2D eigenvalue weighted by atomic mass is 9.79. The highest BCUT2D eigenvalue weighted by Gasteiger charge is 2.41. The highest BCUT2D eigenvalue weighted by Crippen LogP contribution is 2.54. The third-order valence-corrected chi connectivity index (χ3v) is 9.89. The molecule has 0 spiro atoms. The maximum absolute atomic E-state index is 6.65. The van der Waals surface area contributed by atoms with Crippen LogP contribution >= 0.6 is 11.6 Å². The van der Waals surface area contributed by atoms with Crippen LogP contribution in [0.1, 0.15) is 25.0 Å². The van der Waals surface area contributed by atoms with Gasteiger partial charge in [-0.25, -0.2) is 9.97 Å². The quantitative estimate of drug-likeness (QED) is 0.183. The fourth-order valence-electron chi connectivity index (χ4n) is 7.56. The third-order valence-electron chi connectivity index (χ3n) is 9.72. The third kappa shape index (κ3) is 4.27. The highest BCUT2D eigenvalue weighted by atomic mass is 35.5. The van der Waals surface area contributed by atoms with Gasteiger partial charge >= 0.3 is 0 Å². The SMILES string of the molecule is CC1(C)c2cc(-c3ccc4c(c3)c3ccccc3n4-c3ccccc3)c(-c3ccccc3)cc2-c2nc(Cl)nc(-c3ccccc3)c21. The van der Waals surface area contributed by atoms with Crippen molar-refractivity contribution >= 4 is 33.4 Å². The van der Waals surface area contributed by atoms with Crippen LogP contribution in [0.25, 0.3) is 72.3 Å². The van der Waals surface area contributed by atoms with Crippen LogP contribution in [0.15, 0.2) is 146 Å². The first-order chi connectivity index (χ1) is 23.0. The molecule has 224 valence electrons. The minimum Gasteiger partial charge on any atom is -0.309 e. The van der Waals surface area contributed by atoms with Gasteiger partial charge in [-0.3, -0.25) is 0 Å². The number of fused-ring (bicyclic) bond motifs is 6. The van der Waals surface area contributed by atoms with Crippen LogP contribution in [0.2, 0.25) is 5.28 Å². The van der Waals surface area contributed by atoms with Gasteiger partial charge in [-0.1, -0.05) is 117 Å². The summed E-state index contributed by atoms with van der Waals surface area (Å²) < 4.78 is 2.36. The van der Waals surface area contributed by atoms with Crippen LogP contribution in [0, 0.1) is 0 Å². The zero-order chi connectivity index (χ0) is 31.7. The van der Waals surface area contributed by atoms with Crippen molar-refractivity contribution in [2.24, 2.45) is 0 Å². The second-order valence-corrected chi connectivity index (χ2v) is 13.1. The number of benzene rings is 6. The second-order valence-electron chi connectivity index (χ2n) is 12.8. The Morgan fingerprint density at radius 1 is 0.511 bits per heavy atom. The van der Waals surface area contributed by atoms with Gasteiger partial charge < -0.3 is 4.57 Å². The van der Waals surface area contributed by atoms with Crippen LogP contribution < -0.4 is 0 Å². The van der Waals surface area contributed by atoms with Gasteiger partial charge in [0.05, 0.1) is 22.4 Å². The Hall–Kier alpha value is -5.51. The number of para-hydroxylation sites is 2. The summed E-state index contributed by atoms with van der Waals surface area (Å²) in [4.78, 5) is 9.67. The van der Waals surface area contributed by atoms with Crippen molar-refractivity contribution in [3.05, 3.63) is 162 Å². The van der Waals surface area contributed by atoms with E-state index in [1.54, 1.807) is 0 Å². The van der Waals surface area contributed by atoms with Crippen LogP contribution in [-0.4, -0.2) is 14.5 Å². The van der Waals surface area contributed by atoms with Gasteiger partial charge in [-0.15, -0.1) is 0 Å². The molecule has 3 nitrogen and oxygen atoms in total. The average molecular weight is 624 g/mol. The lowest BCUT2D eigenvalue weighted by Gasteiger charge is -2.24. The Morgan fingerprint density at radius 2 is 1.11 bits per heavy atom. The summed E-state index contributed by atoms with van der Waals surface area (Å²) in [6, 6.07) is 51.9. The fraction of sp³-hybridized carbons (Fsp3) is 0.0698. The van der Waals surface area contributed by atoms with E-state index in [4.69, 9.17) is 21.6 Å². The van der Waals surface area contributed by atoms with Crippen LogP contribution in [0.5, 0.6) is 0 Å².